The lowest BCUT2D eigenvalue weighted by Gasteiger charge is -2.15. The highest BCUT2D eigenvalue weighted by Gasteiger charge is 2.19. The Balaban J connectivity index is 1.70. The number of carbonyl (C=O) groups is 2. The van der Waals surface area contributed by atoms with Crippen molar-refractivity contribution in [2.24, 2.45) is 5.11 Å². The van der Waals surface area contributed by atoms with Crippen molar-refractivity contribution in [1.29, 1.82) is 0 Å². The summed E-state index contributed by atoms with van der Waals surface area (Å²) in [6.45, 7) is 2.35. The van der Waals surface area contributed by atoms with Crippen molar-refractivity contribution in [2.45, 2.75) is 25.8 Å². The van der Waals surface area contributed by atoms with Crippen LogP contribution in [0.5, 0.6) is 0 Å². The highest BCUT2D eigenvalue weighted by Crippen LogP contribution is 2.17. The standard InChI is InChI=1S/C13H17N5O2S/c14-17-16-9-10-4-5-11(21-10)13(20)15-6-2-8-18-7-1-3-12(18)19/h4-5H,1-3,6-9H2,(H,15,20). The van der Waals surface area contributed by atoms with Crippen LogP contribution >= 0.6 is 11.3 Å². The van der Waals surface area contributed by atoms with Crippen LogP contribution in [0.15, 0.2) is 17.2 Å². The van der Waals surface area contributed by atoms with Crippen molar-refractivity contribution in [1.82, 2.24) is 10.2 Å². The molecule has 0 aromatic carbocycles. The summed E-state index contributed by atoms with van der Waals surface area (Å²) in [4.78, 5) is 29.3. The first-order chi connectivity index (χ1) is 10.2. The predicted molar refractivity (Wildman–Crippen MR) is 79.9 cm³/mol. The lowest BCUT2D eigenvalue weighted by atomic mass is 10.3. The molecular weight excluding hydrogens is 290 g/mol. The van der Waals surface area contributed by atoms with Gasteiger partial charge in [-0.05, 0) is 30.5 Å². The van der Waals surface area contributed by atoms with E-state index in [9.17, 15) is 9.59 Å². The number of azide groups is 1. The fourth-order valence-electron chi connectivity index (χ4n) is 2.19. The molecule has 0 aliphatic carbocycles. The molecule has 0 radical (unpaired) electrons. The Bertz CT molecular complexity index is 565. The van der Waals surface area contributed by atoms with Gasteiger partial charge in [0, 0.05) is 35.8 Å². The summed E-state index contributed by atoms with van der Waals surface area (Å²) in [5, 5.41) is 6.30. The van der Waals surface area contributed by atoms with E-state index >= 15 is 0 Å². The quantitative estimate of drug-likeness (QED) is 0.362. The second kappa shape index (κ2) is 7.66. The van der Waals surface area contributed by atoms with Gasteiger partial charge in [0.2, 0.25) is 5.91 Å². The average Bonchev–Trinajstić information content (AvgIpc) is 3.10. The molecule has 1 aliphatic rings. The molecule has 0 unspecified atom stereocenters. The molecule has 21 heavy (non-hydrogen) atoms. The van der Waals surface area contributed by atoms with Crippen LogP contribution in [0.2, 0.25) is 0 Å². The minimum absolute atomic E-state index is 0.125. The first kappa shape index (κ1) is 15.3. The number of amides is 2. The number of carbonyl (C=O) groups excluding carboxylic acids is 2. The molecular formula is C13H17N5O2S. The van der Waals surface area contributed by atoms with E-state index in [1.165, 1.54) is 11.3 Å². The molecule has 1 aliphatic heterocycles. The zero-order valence-electron chi connectivity index (χ0n) is 11.6. The zero-order chi connectivity index (χ0) is 15.1. The largest absolute Gasteiger partial charge is 0.351 e. The van der Waals surface area contributed by atoms with E-state index in [0.29, 0.717) is 24.4 Å². The minimum atomic E-state index is -0.125. The molecule has 0 spiro atoms. The van der Waals surface area contributed by atoms with Gasteiger partial charge >= 0.3 is 0 Å². The Hall–Kier alpha value is -2.05. The maximum atomic E-state index is 11.9. The maximum Gasteiger partial charge on any atom is 0.261 e. The van der Waals surface area contributed by atoms with Crippen LogP contribution in [-0.2, 0) is 11.3 Å². The summed E-state index contributed by atoms with van der Waals surface area (Å²) in [7, 11) is 0. The number of likely N-dealkylation sites (tertiary alicyclic amines) is 1. The molecule has 2 amide bonds. The Morgan fingerprint density at radius 3 is 3.10 bits per heavy atom. The van der Waals surface area contributed by atoms with Crippen LogP contribution in [0.4, 0.5) is 0 Å². The summed E-state index contributed by atoms with van der Waals surface area (Å²) >= 11 is 1.32. The van der Waals surface area contributed by atoms with Crippen molar-refractivity contribution < 1.29 is 9.59 Å². The van der Waals surface area contributed by atoms with Crippen molar-refractivity contribution in [3.8, 4) is 0 Å². The number of hydrogen-bond acceptors (Lipinski definition) is 4. The molecule has 1 aromatic rings. The lowest BCUT2D eigenvalue weighted by molar-refractivity contribution is -0.127. The molecule has 7 nitrogen and oxygen atoms in total. The smallest absolute Gasteiger partial charge is 0.261 e. The van der Waals surface area contributed by atoms with Gasteiger partial charge in [-0.1, -0.05) is 5.11 Å². The van der Waals surface area contributed by atoms with Gasteiger partial charge in [-0.25, -0.2) is 0 Å². The lowest BCUT2D eigenvalue weighted by Crippen LogP contribution is -2.30. The maximum absolute atomic E-state index is 11.9. The molecule has 1 aromatic heterocycles. The summed E-state index contributed by atoms with van der Waals surface area (Å²) in [5.41, 5.74) is 8.25. The summed E-state index contributed by atoms with van der Waals surface area (Å²) < 4.78 is 0. The van der Waals surface area contributed by atoms with E-state index in [1.54, 1.807) is 12.1 Å². The number of nitrogens with zero attached hydrogens (tertiary/aromatic N) is 4. The van der Waals surface area contributed by atoms with E-state index in [-0.39, 0.29) is 18.4 Å². The van der Waals surface area contributed by atoms with E-state index in [2.05, 4.69) is 15.3 Å². The van der Waals surface area contributed by atoms with E-state index in [0.717, 1.165) is 24.3 Å². The molecule has 0 atom stereocenters. The van der Waals surface area contributed by atoms with Crippen LogP contribution < -0.4 is 5.32 Å². The molecule has 0 saturated carbocycles. The molecule has 0 bridgehead atoms. The summed E-state index contributed by atoms with van der Waals surface area (Å²) in [6, 6.07) is 3.52. The third-order valence-electron chi connectivity index (χ3n) is 3.24. The monoisotopic (exact) mass is 307 g/mol. The van der Waals surface area contributed by atoms with Crippen LogP contribution in [0.3, 0.4) is 0 Å². The van der Waals surface area contributed by atoms with E-state index in [4.69, 9.17) is 5.53 Å². The molecule has 1 fully saturated rings. The number of nitrogens with one attached hydrogen (secondary N) is 1. The van der Waals surface area contributed by atoms with Gasteiger partial charge < -0.3 is 10.2 Å². The summed E-state index contributed by atoms with van der Waals surface area (Å²) in [5.74, 6) is 0.0854. The minimum Gasteiger partial charge on any atom is -0.351 e. The predicted octanol–water partition coefficient (Wildman–Crippen LogP) is 2.30. The van der Waals surface area contributed by atoms with Crippen molar-refractivity contribution in [2.75, 3.05) is 19.6 Å². The second-order valence-electron chi connectivity index (χ2n) is 4.75. The van der Waals surface area contributed by atoms with E-state index in [1.807, 2.05) is 4.90 Å². The van der Waals surface area contributed by atoms with Gasteiger partial charge in [0.25, 0.3) is 5.91 Å². The fourth-order valence-corrected chi connectivity index (χ4v) is 3.03. The molecule has 1 N–H and O–H groups in total. The number of rotatable bonds is 7. The zero-order valence-corrected chi connectivity index (χ0v) is 12.4. The normalized spacial score (nSPS) is 14.1. The molecule has 2 heterocycles. The first-order valence-corrected chi connectivity index (χ1v) is 7.68. The Kier molecular flexibility index (Phi) is 5.59. The van der Waals surface area contributed by atoms with Gasteiger partial charge in [-0.3, -0.25) is 9.59 Å². The first-order valence-electron chi connectivity index (χ1n) is 6.86. The molecule has 2 rings (SSSR count). The van der Waals surface area contributed by atoms with Crippen molar-refractivity contribution in [3.63, 3.8) is 0 Å². The highest BCUT2D eigenvalue weighted by atomic mass is 32.1. The third-order valence-corrected chi connectivity index (χ3v) is 4.31. The van der Waals surface area contributed by atoms with Gasteiger partial charge in [-0.2, -0.15) is 0 Å². The second-order valence-corrected chi connectivity index (χ2v) is 5.92. The average molecular weight is 307 g/mol. The Morgan fingerprint density at radius 2 is 2.38 bits per heavy atom. The van der Waals surface area contributed by atoms with Crippen LogP contribution in [0, 0.1) is 0 Å². The van der Waals surface area contributed by atoms with Crippen LogP contribution in [-0.4, -0.2) is 36.3 Å². The SMILES string of the molecule is [N-]=[N+]=NCc1ccc(C(=O)NCCCN2CCCC2=O)s1. The topological polar surface area (TPSA) is 98.2 Å². The Morgan fingerprint density at radius 1 is 1.52 bits per heavy atom. The van der Waals surface area contributed by atoms with Crippen LogP contribution in [0.1, 0.15) is 33.8 Å². The van der Waals surface area contributed by atoms with Crippen molar-refractivity contribution >= 4 is 23.2 Å². The van der Waals surface area contributed by atoms with E-state index < -0.39 is 0 Å². The fraction of sp³-hybridized carbons (Fsp3) is 0.538. The highest BCUT2D eigenvalue weighted by molar-refractivity contribution is 7.14. The van der Waals surface area contributed by atoms with Crippen molar-refractivity contribution in [3.05, 3.63) is 32.3 Å². The molecule has 112 valence electrons. The van der Waals surface area contributed by atoms with Gasteiger partial charge in [-0.15, -0.1) is 11.3 Å². The van der Waals surface area contributed by atoms with Gasteiger partial charge in [0.05, 0.1) is 11.4 Å². The third kappa shape index (κ3) is 4.47. The molecule has 1 saturated heterocycles. The Labute approximate surface area is 126 Å². The van der Waals surface area contributed by atoms with Crippen LogP contribution in [0.25, 0.3) is 10.4 Å². The number of thiophene rings is 1. The number of hydrogen-bond donors (Lipinski definition) is 1. The summed E-state index contributed by atoms with van der Waals surface area (Å²) in [6.07, 6.45) is 2.35. The molecule has 8 heteroatoms. The van der Waals surface area contributed by atoms with Gasteiger partial charge in [0.15, 0.2) is 0 Å². The van der Waals surface area contributed by atoms with Gasteiger partial charge in [0.1, 0.15) is 0 Å².